The lowest BCUT2D eigenvalue weighted by Gasteiger charge is -2.27. The maximum absolute atomic E-state index is 9.23. The fraction of sp³-hybridized carbons (Fsp3) is 0.800. The van der Waals surface area contributed by atoms with E-state index in [1.807, 2.05) is 0 Å². The number of aliphatic hydroxyl groups excluding tert-OH is 1. The number of piperidine rings is 1. The van der Waals surface area contributed by atoms with E-state index in [9.17, 15) is 5.11 Å². The molecule has 0 amide bonds. The van der Waals surface area contributed by atoms with Crippen molar-refractivity contribution in [1.29, 1.82) is 0 Å². The van der Waals surface area contributed by atoms with Gasteiger partial charge in [-0.3, -0.25) is 4.90 Å². The molecule has 1 atom stereocenters. The molecule has 1 saturated heterocycles. The predicted molar refractivity (Wildman–Crippen MR) is 51.1 cm³/mol. The van der Waals surface area contributed by atoms with Crippen molar-refractivity contribution in [2.45, 2.75) is 32.3 Å². The van der Waals surface area contributed by atoms with Crippen LogP contribution in [0.5, 0.6) is 0 Å². The molecular formula is C10H19NO. The predicted octanol–water partition coefficient (Wildman–Crippen LogP) is 1.41. The van der Waals surface area contributed by atoms with Gasteiger partial charge in [0.1, 0.15) is 0 Å². The van der Waals surface area contributed by atoms with E-state index in [0.29, 0.717) is 0 Å². The molecule has 0 aliphatic carbocycles. The molecule has 0 aromatic carbocycles. The minimum Gasteiger partial charge on any atom is -0.389 e. The van der Waals surface area contributed by atoms with Crippen molar-refractivity contribution in [2.24, 2.45) is 0 Å². The van der Waals surface area contributed by atoms with Crippen molar-refractivity contribution in [3.63, 3.8) is 0 Å². The number of nitrogens with zero attached hydrogens (tertiary/aromatic N) is 1. The Morgan fingerprint density at radius 2 is 2.00 bits per heavy atom. The zero-order chi connectivity index (χ0) is 8.97. The minimum atomic E-state index is -0.355. The van der Waals surface area contributed by atoms with Gasteiger partial charge in [0.05, 0.1) is 6.10 Å². The first-order chi connectivity index (χ1) is 5.70. The van der Waals surface area contributed by atoms with Crippen LogP contribution in [0.4, 0.5) is 0 Å². The van der Waals surface area contributed by atoms with E-state index in [0.717, 1.165) is 12.1 Å². The Hall–Kier alpha value is -0.340. The molecule has 0 bridgehead atoms. The first-order valence-corrected chi connectivity index (χ1v) is 4.78. The van der Waals surface area contributed by atoms with Crippen LogP contribution in [-0.4, -0.2) is 35.7 Å². The Kier molecular flexibility index (Phi) is 3.76. The van der Waals surface area contributed by atoms with Gasteiger partial charge >= 0.3 is 0 Å². The number of aliphatic hydroxyl groups is 1. The van der Waals surface area contributed by atoms with Gasteiger partial charge in [-0.05, 0) is 38.4 Å². The molecule has 1 aliphatic heterocycles. The van der Waals surface area contributed by atoms with Gasteiger partial charge in [-0.2, -0.15) is 0 Å². The van der Waals surface area contributed by atoms with Gasteiger partial charge in [-0.25, -0.2) is 0 Å². The summed E-state index contributed by atoms with van der Waals surface area (Å²) < 4.78 is 0. The average Bonchev–Trinajstić information content (AvgIpc) is 2.06. The Morgan fingerprint density at radius 1 is 1.42 bits per heavy atom. The first-order valence-electron chi connectivity index (χ1n) is 4.78. The number of likely N-dealkylation sites (tertiary alicyclic amines) is 1. The monoisotopic (exact) mass is 169 g/mol. The van der Waals surface area contributed by atoms with Gasteiger partial charge < -0.3 is 5.11 Å². The summed E-state index contributed by atoms with van der Waals surface area (Å²) in [7, 11) is 0. The third-order valence-electron chi connectivity index (χ3n) is 2.47. The van der Waals surface area contributed by atoms with E-state index in [1.54, 1.807) is 6.92 Å². The van der Waals surface area contributed by atoms with Crippen LogP contribution in [0.3, 0.4) is 0 Å². The van der Waals surface area contributed by atoms with Gasteiger partial charge in [0.2, 0.25) is 0 Å². The summed E-state index contributed by atoms with van der Waals surface area (Å²) in [5.41, 5.74) is 0.942. The number of hydrogen-bond donors (Lipinski definition) is 1. The van der Waals surface area contributed by atoms with E-state index < -0.39 is 0 Å². The number of rotatable bonds is 3. The highest BCUT2D eigenvalue weighted by Crippen LogP contribution is 2.11. The van der Waals surface area contributed by atoms with Crippen molar-refractivity contribution in [1.82, 2.24) is 4.90 Å². The Bertz CT molecular complexity index is 148. The molecule has 1 unspecified atom stereocenters. The van der Waals surface area contributed by atoms with Crippen molar-refractivity contribution in [3.8, 4) is 0 Å². The highest BCUT2D eigenvalue weighted by molar-refractivity contribution is 5.02. The number of hydrogen-bond acceptors (Lipinski definition) is 2. The molecular weight excluding hydrogens is 150 g/mol. The molecule has 12 heavy (non-hydrogen) atoms. The first kappa shape index (κ1) is 9.75. The fourth-order valence-electron chi connectivity index (χ4n) is 1.54. The second-order valence-corrected chi connectivity index (χ2v) is 3.67. The molecule has 2 heteroatoms. The van der Waals surface area contributed by atoms with Crippen LogP contribution >= 0.6 is 0 Å². The molecule has 0 radical (unpaired) electrons. The molecule has 1 rings (SSSR count). The van der Waals surface area contributed by atoms with E-state index in [-0.39, 0.29) is 6.10 Å². The Labute approximate surface area is 74.9 Å². The fourth-order valence-corrected chi connectivity index (χ4v) is 1.54. The normalized spacial score (nSPS) is 22.2. The lowest BCUT2D eigenvalue weighted by Crippen LogP contribution is -2.33. The largest absolute Gasteiger partial charge is 0.389 e. The molecule has 1 N–H and O–H groups in total. The Balaban J connectivity index is 2.24. The van der Waals surface area contributed by atoms with E-state index >= 15 is 0 Å². The molecule has 0 spiro atoms. The average molecular weight is 169 g/mol. The molecule has 0 aromatic heterocycles. The standard InChI is InChI=1S/C10H19NO/c1-9(10(2)12)8-11-6-4-3-5-7-11/h10,12H,1,3-8H2,2H3. The Morgan fingerprint density at radius 3 is 2.50 bits per heavy atom. The summed E-state index contributed by atoms with van der Waals surface area (Å²) in [5.74, 6) is 0. The van der Waals surface area contributed by atoms with E-state index in [4.69, 9.17) is 0 Å². The molecule has 0 aromatic rings. The van der Waals surface area contributed by atoms with Crippen LogP contribution in [-0.2, 0) is 0 Å². The second-order valence-electron chi connectivity index (χ2n) is 3.67. The van der Waals surface area contributed by atoms with Crippen LogP contribution in [0.2, 0.25) is 0 Å². The summed E-state index contributed by atoms with van der Waals surface area (Å²) in [6.07, 6.45) is 3.60. The van der Waals surface area contributed by atoms with Crippen molar-refractivity contribution >= 4 is 0 Å². The van der Waals surface area contributed by atoms with Crippen molar-refractivity contribution in [3.05, 3.63) is 12.2 Å². The quantitative estimate of drug-likeness (QED) is 0.646. The van der Waals surface area contributed by atoms with Crippen LogP contribution in [0.15, 0.2) is 12.2 Å². The molecule has 1 fully saturated rings. The second kappa shape index (κ2) is 4.63. The van der Waals surface area contributed by atoms with Gasteiger partial charge in [0, 0.05) is 6.54 Å². The van der Waals surface area contributed by atoms with Gasteiger partial charge in [0.15, 0.2) is 0 Å². The van der Waals surface area contributed by atoms with Gasteiger partial charge in [-0.15, -0.1) is 0 Å². The smallest absolute Gasteiger partial charge is 0.0731 e. The minimum absolute atomic E-state index is 0.355. The molecule has 1 heterocycles. The third-order valence-corrected chi connectivity index (χ3v) is 2.47. The topological polar surface area (TPSA) is 23.5 Å². The lowest BCUT2D eigenvalue weighted by molar-refractivity contribution is 0.195. The van der Waals surface area contributed by atoms with Crippen molar-refractivity contribution in [2.75, 3.05) is 19.6 Å². The summed E-state index contributed by atoms with van der Waals surface area (Å²) >= 11 is 0. The summed E-state index contributed by atoms with van der Waals surface area (Å²) in [5, 5.41) is 9.23. The summed E-state index contributed by atoms with van der Waals surface area (Å²) in [6, 6.07) is 0. The van der Waals surface area contributed by atoms with E-state index in [1.165, 1.54) is 32.4 Å². The maximum atomic E-state index is 9.23. The molecule has 2 nitrogen and oxygen atoms in total. The molecule has 0 saturated carbocycles. The van der Waals surface area contributed by atoms with Crippen LogP contribution in [0.1, 0.15) is 26.2 Å². The molecule has 1 aliphatic rings. The highest BCUT2D eigenvalue weighted by atomic mass is 16.3. The lowest BCUT2D eigenvalue weighted by atomic mass is 10.1. The summed E-state index contributed by atoms with van der Waals surface area (Å²) in [4.78, 5) is 2.37. The van der Waals surface area contributed by atoms with Crippen LogP contribution < -0.4 is 0 Å². The van der Waals surface area contributed by atoms with E-state index in [2.05, 4.69) is 11.5 Å². The SMILES string of the molecule is C=C(CN1CCCCC1)C(C)O. The van der Waals surface area contributed by atoms with Crippen LogP contribution in [0.25, 0.3) is 0 Å². The maximum Gasteiger partial charge on any atom is 0.0731 e. The van der Waals surface area contributed by atoms with Crippen molar-refractivity contribution < 1.29 is 5.11 Å². The highest BCUT2D eigenvalue weighted by Gasteiger charge is 2.12. The third kappa shape index (κ3) is 2.95. The van der Waals surface area contributed by atoms with Gasteiger partial charge in [0.25, 0.3) is 0 Å². The summed E-state index contributed by atoms with van der Waals surface area (Å²) in [6.45, 7) is 8.86. The molecule has 70 valence electrons. The van der Waals surface area contributed by atoms with Gasteiger partial charge in [-0.1, -0.05) is 13.0 Å². The van der Waals surface area contributed by atoms with Crippen LogP contribution in [0, 0.1) is 0 Å². The zero-order valence-electron chi connectivity index (χ0n) is 7.92. The zero-order valence-corrected chi connectivity index (χ0v) is 7.92.